The summed E-state index contributed by atoms with van der Waals surface area (Å²) in [4.78, 5) is 3.91. The van der Waals surface area contributed by atoms with E-state index < -0.39 is 15.8 Å². The molecule has 0 amide bonds. The molecule has 20 heavy (non-hydrogen) atoms. The molecule has 0 aliphatic heterocycles. The quantitative estimate of drug-likeness (QED) is 0.907. The first-order chi connectivity index (χ1) is 9.29. The molecule has 2 aromatic rings. The van der Waals surface area contributed by atoms with Crippen LogP contribution in [0.2, 0.25) is 0 Å². The van der Waals surface area contributed by atoms with E-state index in [1.807, 2.05) is 0 Å². The highest BCUT2D eigenvalue weighted by atomic mass is 79.9. The summed E-state index contributed by atoms with van der Waals surface area (Å²) in [6.45, 7) is 3.42. The van der Waals surface area contributed by atoms with Gasteiger partial charge < -0.3 is 4.42 Å². The zero-order valence-electron chi connectivity index (χ0n) is 10.8. The van der Waals surface area contributed by atoms with Gasteiger partial charge in [0.05, 0.1) is 21.6 Å². The third kappa shape index (κ3) is 3.25. The molecule has 1 aromatic heterocycles. The van der Waals surface area contributed by atoms with Crippen LogP contribution in [-0.2, 0) is 16.6 Å². The van der Waals surface area contributed by atoms with Gasteiger partial charge in [0, 0.05) is 0 Å². The molecule has 0 saturated carbocycles. The second kappa shape index (κ2) is 5.63. The highest BCUT2D eigenvalue weighted by molar-refractivity contribution is 9.10. The average Bonchev–Trinajstić information content (AvgIpc) is 2.70. The zero-order valence-corrected chi connectivity index (χ0v) is 13.2. The van der Waals surface area contributed by atoms with Gasteiger partial charge in [-0.3, -0.25) is 0 Å². The lowest BCUT2D eigenvalue weighted by Crippen LogP contribution is -2.23. The first kappa shape index (κ1) is 15.1. The molecule has 0 bridgehead atoms. The van der Waals surface area contributed by atoms with Gasteiger partial charge in [-0.2, -0.15) is 0 Å². The van der Waals surface area contributed by atoms with Crippen LogP contribution in [0.15, 0.2) is 32.0 Å². The molecule has 1 heterocycles. The molecule has 0 atom stereocenters. The SMILES string of the molecule is Cc1nc(CNS(=O)(=O)c2ccc(Br)c(F)c2)oc1C. The monoisotopic (exact) mass is 362 g/mol. The predicted molar refractivity (Wildman–Crippen MR) is 74.1 cm³/mol. The molecular formula is C12H12BrFN2O3S. The van der Waals surface area contributed by atoms with Gasteiger partial charge in [-0.15, -0.1) is 0 Å². The number of aromatic nitrogens is 1. The molecular weight excluding hydrogens is 351 g/mol. The smallest absolute Gasteiger partial charge is 0.241 e. The maximum atomic E-state index is 13.4. The number of rotatable bonds is 4. The number of sulfonamides is 1. The minimum absolute atomic E-state index is 0.0886. The van der Waals surface area contributed by atoms with Gasteiger partial charge in [-0.05, 0) is 48.0 Å². The summed E-state index contributed by atoms with van der Waals surface area (Å²) in [5, 5.41) is 0. The summed E-state index contributed by atoms with van der Waals surface area (Å²) < 4.78 is 45.1. The van der Waals surface area contributed by atoms with Crippen molar-refractivity contribution in [1.29, 1.82) is 0 Å². The van der Waals surface area contributed by atoms with Gasteiger partial charge >= 0.3 is 0 Å². The van der Waals surface area contributed by atoms with Crippen LogP contribution in [0.25, 0.3) is 0 Å². The Morgan fingerprint density at radius 3 is 2.65 bits per heavy atom. The largest absolute Gasteiger partial charge is 0.444 e. The fourth-order valence-electron chi connectivity index (χ4n) is 1.50. The molecule has 0 aliphatic rings. The summed E-state index contributed by atoms with van der Waals surface area (Å²) >= 11 is 2.97. The Morgan fingerprint density at radius 1 is 1.40 bits per heavy atom. The van der Waals surface area contributed by atoms with Crippen LogP contribution in [0.5, 0.6) is 0 Å². The van der Waals surface area contributed by atoms with Crippen LogP contribution in [0.1, 0.15) is 17.3 Å². The molecule has 5 nitrogen and oxygen atoms in total. The number of oxazole rings is 1. The Hall–Kier alpha value is -1.25. The van der Waals surface area contributed by atoms with Crippen LogP contribution in [-0.4, -0.2) is 13.4 Å². The van der Waals surface area contributed by atoms with E-state index in [1.165, 1.54) is 12.1 Å². The van der Waals surface area contributed by atoms with Gasteiger partial charge in [0.25, 0.3) is 0 Å². The summed E-state index contributed by atoms with van der Waals surface area (Å²) in [5.41, 5.74) is 0.703. The van der Waals surface area contributed by atoms with Crippen molar-refractivity contribution in [2.45, 2.75) is 25.3 Å². The minimum atomic E-state index is -3.81. The Balaban J connectivity index is 2.16. The highest BCUT2D eigenvalue weighted by Crippen LogP contribution is 2.19. The van der Waals surface area contributed by atoms with Crippen molar-refractivity contribution in [2.24, 2.45) is 0 Å². The third-order valence-electron chi connectivity index (χ3n) is 2.69. The van der Waals surface area contributed by atoms with Gasteiger partial charge in [0.15, 0.2) is 0 Å². The van der Waals surface area contributed by atoms with Crippen molar-refractivity contribution in [3.63, 3.8) is 0 Å². The first-order valence-electron chi connectivity index (χ1n) is 5.67. The van der Waals surface area contributed by atoms with E-state index in [0.29, 0.717) is 11.5 Å². The van der Waals surface area contributed by atoms with Crippen LogP contribution in [0, 0.1) is 19.7 Å². The van der Waals surface area contributed by atoms with E-state index in [2.05, 4.69) is 25.6 Å². The molecule has 1 N–H and O–H groups in total. The maximum Gasteiger partial charge on any atom is 0.241 e. The van der Waals surface area contributed by atoms with Crippen molar-refractivity contribution in [3.05, 3.63) is 45.8 Å². The average molecular weight is 363 g/mol. The molecule has 0 radical (unpaired) electrons. The Kier molecular flexibility index (Phi) is 4.26. The number of hydrogen-bond donors (Lipinski definition) is 1. The van der Waals surface area contributed by atoms with Gasteiger partial charge in [0.1, 0.15) is 11.6 Å². The lowest BCUT2D eigenvalue weighted by Gasteiger charge is -2.05. The number of nitrogens with zero attached hydrogens (tertiary/aromatic N) is 1. The second-order valence-corrected chi connectivity index (χ2v) is 6.77. The summed E-state index contributed by atoms with van der Waals surface area (Å²) in [5.74, 6) is 0.255. The van der Waals surface area contributed by atoms with Crippen LogP contribution >= 0.6 is 15.9 Å². The maximum absolute atomic E-state index is 13.4. The summed E-state index contributed by atoms with van der Waals surface area (Å²) in [7, 11) is -3.81. The van der Waals surface area contributed by atoms with Crippen molar-refractivity contribution < 1.29 is 17.2 Å². The van der Waals surface area contributed by atoms with Crippen LogP contribution in [0.3, 0.4) is 0 Å². The second-order valence-electron chi connectivity index (χ2n) is 4.15. The number of halogens is 2. The number of benzene rings is 1. The van der Waals surface area contributed by atoms with Gasteiger partial charge in [-0.25, -0.2) is 22.5 Å². The zero-order chi connectivity index (χ0) is 14.9. The Bertz CT molecular complexity index is 724. The lowest BCUT2D eigenvalue weighted by atomic mass is 10.3. The molecule has 0 saturated heterocycles. The first-order valence-corrected chi connectivity index (χ1v) is 7.95. The Morgan fingerprint density at radius 2 is 2.10 bits per heavy atom. The molecule has 0 spiro atoms. The van der Waals surface area contributed by atoms with Gasteiger partial charge in [-0.1, -0.05) is 0 Å². The number of nitrogens with one attached hydrogen (secondary N) is 1. The lowest BCUT2D eigenvalue weighted by molar-refractivity contribution is 0.463. The van der Waals surface area contributed by atoms with Crippen molar-refractivity contribution in [1.82, 2.24) is 9.71 Å². The molecule has 108 valence electrons. The predicted octanol–water partition coefficient (Wildman–Crippen LogP) is 2.67. The fourth-order valence-corrected chi connectivity index (χ4v) is 2.73. The van der Waals surface area contributed by atoms with E-state index in [0.717, 1.165) is 6.07 Å². The molecule has 0 fully saturated rings. The standard InChI is InChI=1S/C12H12BrFN2O3S/c1-7-8(2)19-12(16-7)6-15-20(17,18)9-3-4-10(13)11(14)5-9/h3-5,15H,6H2,1-2H3. The normalized spacial score (nSPS) is 11.8. The van der Waals surface area contributed by atoms with Crippen molar-refractivity contribution in [3.8, 4) is 0 Å². The van der Waals surface area contributed by atoms with Crippen LogP contribution < -0.4 is 4.72 Å². The fraction of sp³-hybridized carbons (Fsp3) is 0.250. The van der Waals surface area contributed by atoms with E-state index in [9.17, 15) is 12.8 Å². The van der Waals surface area contributed by atoms with Crippen molar-refractivity contribution >= 4 is 26.0 Å². The van der Waals surface area contributed by atoms with E-state index in [-0.39, 0.29) is 21.8 Å². The molecule has 8 heteroatoms. The van der Waals surface area contributed by atoms with E-state index >= 15 is 0 Å². The van der Waals surface area contributed by atoms with E-state index in [4.69, 9.17) is 4.42 Å². The molecule has 1 aromatic carbocycles. The topological polar surface area (TPSA) is 72.2 Å². The molecule has 0 aliphatic carbocycles. The Labute approximate surface area is 124 Å². The third-order valence-corrected chi connectivity index (χ3v) is 4.73. The summed E-state index contributed by atoms with van der Waals surface area (Å²) in [6.07, 6.45) is 0. The number of hydrogen-bond acceptors (Lipinski definition) is 4. The summed E-state index contributed by atoms with van der Waals surface area (Å²) in [6, 6.07) is 3.59. The van der Waals surface area contributed by atoms with Crippen molar-refractivity contribution in [2.75, 3.05) is 0 Å². The number of aryl methyl sites for hydroxylation is 2. The molecule has 2 rings (SSSR count). The van der Waals surface area contributed by atoms with Crippen LogP contribution in [0.4, 0.5) is 4.39 Å². The minimum Gasteiger partial charge on any atom is -0.444 e. The highest BCUT2D eigenvalue weighted by Gasteiger charge is 2.17. The van der Waals surface area contributed by atoms with Gasteiger partial charge in [0.2, 0.25) is 15.9 Å². The van der Waals surface area contributed by atoms with E-state index in [1.54, 1.807) is 13.8 Å². The molecule has 0 unspecified atom stereocenters.